The fraction of sp³-hybridized carbons (Fsp3) is 0.356. The van der Waals surface area contributed by atoms with Crippen LogP contribution in [0.25, 0.3) is 0 Å². The van der Waals surface area contributed by atoms with Crippen LogP contribution in [-0.2, 0) is 48.1 Å². The normalized spacial score (nSPS) is 16.9. The molecular weight excluding hydrogens is 829 g/mol. The van der Waals surface area contributed by atoms with Gasteiger partial charge in [0, 0.05) is 65.1 Å². The summed E-state index contributed by atoms with van der Waals surface area (Å²) in [5.74, 6) is -3.10. The number of ether oxygens (including phenoxy) is 1. The molecule has 0 aromatic heterocycles. The molecule has 2 saturated carbocycles. The fourth-order valence-electron chi connectivity index (χ4n) is 5.07. The summed E-state index contributed by atoms with van der Waals surface area (Å²) in [6, 6.07) is 40.1. The number of halogens is 4. The number of carbonyl (C=O) groups is 1. The maximum Gasteiger partial charge on any atom is 0.338 e. The molecule has 6 rings (SSSR count). The van der Waals surface area contributed by atoms with E-state index in [2.05, 4.69) is 93.6 Å². The molecule has 0 aliphatic heterocycles. The molecule has 4 aromatic carbocycles. The Kier molecular flexibility index (Phi) is 22.0. The molecule has 11 heteroatoms. The molecule has 2 fully saturated rings. The first-order chi connectivity index (χ1) is 25.5. The van der Waals surface area contributed by atoms with E-state index in [0.717, 1.165) is 0 Å². The third-order valence-electron chi connectivity index (χ3n) is 8.03. The first kappa shape index (κ1) is 51.1. The van der Waals surface area contributed by atoms with Crippen molar-refractivity contribution in [2.45, 2.75) is 84.7 Å². The number of carbonyl (C=O) groups excluding carboxylic acids is 1. The first-order valence-electron chi connectivity index (χ1n) is 18.0. The second-order valence-electron chi connectivity index (χ2n) is 14.7. The second-order valence-corrected chi connectivity index (χ2v) is 17.9. The van der Waals surface area contributed by atoms with Crippen molar-refractivity contribution in [2.75, 3.05) is 6.61 Å². The summed E-state index contributed by atoms with van der Waals surface area (Å²) in [6.07, 6.45) is 1.85. The van der Waals surface area contributed by atoms with Crippen LogP contribution in [0.2, 0.25) is 0 Å². The smallest absolute Gasteiger partial charge is 0.338 e. The van der Waals surface area contributed by atoms with Gasteiger partial charge in [0.1, 0.15) is 0 Å². The average Bonchev–Trinajstić information content (AvgIpc) is 3.98. The molecule has 0 heterocycles. The molecule has 0 spiro atoms. The van der Waals surface area contributed by atoms with Crippen LogP contribution >= 0.6 is 6.89 Å². The number of hydrogen-bond acceptors (Lipinski definition) is 4. The minimum atomic E-state index is -2.53. The van der Waals surface area contributed by atoms with Crippen molar-refractivity contribution in [3.63, 3.8) is 0 Å². The number of allylic oxidation sites excluding steroid dienone is 1. The Labute approximate surface area is 352 Å². The van der Waals surface area contributed by atoms with Crippen LogP contribution in [0, 0.1) is 24.3 Å². The van der Waals surface area contributed by atoms with E-state index in [1.807, 2.05) is 45.0 Å². The average molecular weight is 883 g/mol. The topological polar surface area (TPSA) is 44.8 Å². The van der Waals surface area contributed by atoms with Crippen LogP contribution in [0.4, 0.5) is 17.6 Å². The van der Waals surface area contributed by atoms with E-state index in [4.69, 9.17) is 21.1 Å². The van der Waals surface area contributed by atoms with Crippen molar-refractivity contribution < 1.29 is 70.4 Å². The molecule has 2 aliphatic rings. The Hall–Kier alpha value is -2.96. The van der Waals surface area contributed by atoms with E-state index in [9.17, 15) is 22.4 Å². The van der Waals surface area contributed by atoms with Gasteiger partial charge in [0.15, 0.2) is 0 Å². The summed E-state index contributed by atoms with van der Waals surface area (Å²) < 4.78 is 53.7. The third kappa shape index (κ3) is 17.3. The zero-order chi connectivity index (χ0) is 39.8. The molecular formula is C45H53Co2F4O4P-2. The summed E-state index contributed by atoms with van der Waals surface area (Å²) in [5.41, 5.74) is 0.0704. The Morgan fingerprint density at radius 2 is 1.09 bits per heavy atom. The molecule has 2 radical (unpaired) electrons. The molecule has 56 heavy (non-hydrogen) atoms. The summed E-state index contributed by atoms with van der Waals surface area (Å²) in [4.78, 5) is 22.8. The third-order valence-corrected chi connectivity index (χ3v) is 11.8. The predicted molar refractivity (Wildman–Crippen MR) is 214 cm³/mol. The van der Waals surface area contributed by atoms with Gasteiger partial charge < -0.3 is 17.2 Å². The first-order valence-corrected chi connectivity index (χ1v) is 19.9. The van der Waals surface area contributed by atoms with Crippen molar-refractivity contribution in [1.82, 2.24) is 0 Å². The van der Waals surface area contributed by atoms with E-state index in [0.29, 0.717) is 12.0 Å². The van der Waals surface area contributed by atoms with Gasteiger partial charge in [-0.25, -0.2) is 32.1 Å². The summed E-state index contributed by atoms with van der Waals surface area (Å²) in [6.45, 7) is 15.1. The Balaban J connectivity index is 0.000000443. The standard InChI is InChI=1S/C23H25O2P.C12H12F2O2.C6H7F2.C4H9.2Co/c1-23(2,3)25-24-19-26(20-13-7-4-8-14-20,21-15-9-5-10-16-21)22-17-11-6-12-18-22;13-12(14)8-10(12)6-7-16-11(15)9-4-2-1-3-5-9;1-2-3-5-4-6(5,7)8;1-4(2)3;;/h4-19H,1-3H3;1-5,10H,6-8H2;1-2,5H,3-4H2;1-3H3;;/q;;2*-1;;. The fourth-order valence-corrected chi connectivity index (χ4v) is 8.43. The van der Waals surface area contributed by atoms with Crippen molar-refractivity contribution >= 4 is 34.8 Å². The van der Waals surface area contributed by atoms with E-state index in [1.54, 1.807) is 30.3 Å². The molecule has 0 N–H and O–H groups in total. The molecule has 0 saturated heterocycles. The minimum absolute atomic E-state index is 0. The zero-order valence-corrected chi connectivity index (χ0v) is 35.7. The molecule has 2 unspecified atom stereocenters. The molecule has 2 atom stereocenters. The van der Waals surface area contributed by atoms with Crippen LogP contribution in [0.5, 0.6) is 0 Å². The Morgan fingerprint density at radius 1 is 0.732 bits per heavy atom. The largest absolute Gasteiger partial charge is 0.518 e. The molecule has 4 nitrogen and oxygen atoms in total. The predicted octanol–water partition coefficient (Wildman–Crippen LogP) is 11.0. The van der Waals surface area contributed by atoms with Gasteiger partial charge in [-0.3, -0.25) is 6.08 Å². The molecule has 4 aromatic rings. The minimum Gasteiger partial charge on any atom is -0.518 e. The van der Waals surface area contributed by atoms with Gasteiger partial charge in [0.05, 0.1) is 23.8 Å². The number of benzene rings is 4. The number of alkyl halides is 4. The van der Waals surface area contributed by atoms with E-state index in [-0.39, 0.29) is 65.0 Å². The molecule has 0 amide bonds. The van der Waals surface area contributed by atoms with Crippen molar-refractivity contribution in [2.24, 2.45) is 11.8 Å². The Bertz CT molecular complexity index is 1650. The quantitative estimate of drug-likeness (QED) is 0.0376. The summed E-state index contributed by atoms with van der Waals surface area (Å²) in [5, 5.41) is 3.69. The van der Waals surface area contributed by atoms with Gasteiger partial charge in [0.25, 0.3) is 11.8 Å². The maximum atomic E-state index is 12.5. The van der Waals surface area contributed by atoms with Gasteiger partial charge in [-0.1, -0.05) is 116 Å². The summed E-state index contributed by atoms with van der Waals surface area (Å²) in [7, 11) is 0. The van der Waals surface area contributed by atoms with Gasteiger partial charge in [0.2, 0.25) is 0 Å². The second kappa shape index (κ2) is 24.1. The van der Waals surface area contributed by atoms with E-state index in [1.165, 1.54) is 27.9 Å². The van der Waals surface area contributed by atoms with E-state index < -0.39 is 36.5 Å². The van der Waals surface area contributed by atoms with Crippen molar-refractivity contribution in [3.05, 3.63) is 145 Å². The van der Waals surface area contributed by atoms with Crippen molar-refractivity contribution in [1.29, 1.82) is 0 Å². The van der Waals surface area contributed by atoms with Crippen LogP contribution in [0.3, 0.4) is 0 Å². The van der Waals surface area contributed by atoms with Crippen LogP contribution in [-0.4, -0.2) is 36.0 Å². The number of hydrogen-bond donors (Lipinski definition) is 0. The SMILES string of the molecule is CC(C)(C)OOC=P(c1ccccc1)(c1ccccc1)c1ccccc1.C[C-](C)C.O=C(OCCC1CC1(F)F)c1ccccc1.[CH-]=CCC1CC1(F)F.[Co].[Co]. The molecule has 310 valence electrons. The number of rotatable bonds is 11. The van der Waals surface area contributed by atoms with Gasteiger partial charge in [-0.05, 0) is 55.2 Å². The maximum absolute atomic E-state index is 12.5. The van der Waals surface area contributed by atoms with Crippen LogP contribution in [0.1, 0.15) is 77.6 Å². The van der Waals surface area contributed by atoms with Gasteiger partial charge >= 0.3 is 5.97 Å². The van der Waals surface area contributed by atoms with Crippen molar-refractivity contribution in [3.8, 4) is 0 Å². The number of esters is 1. The molecule has 0 bridgehead atoms. The zero-order valence-electron chi connectivity index (χ0n) is 32.7. The molecule has 2 aliphatic carbocycles. The van der Waals surface area contributed by atoms with E-state index >= 15 is 0 Å². The van der Waals surface area contributed by atoms with Gasteiger partial charge in [-0.2, -0.15) is 20.8 Å². The summed E-state index contributed by atoms with van der Waals surface area (Å²) >= 11 is 0. The van der Waals surface area contributed by atoms with Crippen LogP contribution in [0.15, 0.2) is 127 Å². The van der Waals surface area contributed by atoms with Crippen LogP contribution < -0.4 is 15.9 Å². The van der Waals surface area contributed by atoms with Gasteiger partial charge in [-0.15, -0.1) is 0 Å². The Morgan fingerprint density at radius 3 is 1.39 bits per heavy atom. The monoisotopic (exact) mass is 882 g/mol.